The predicted octanol–water partition coefficient (Wildman–Crippen LogP) is 3.51. The van der Waals surface area contributed by atoms with Crippen LogP contribution >= 0.6 is 7.26 Å². The summed E-state index contributed by atoms with van der Waals surface area (Å²) in [7, 11) is -1.80. The molecule has 0 aliphatic heterocycles. The van der Waals surface area contributed by atoms with Crippen LogP contribution in [0.25, 0.3) is 0 Å². The van der Waals surface area contributed by atoms with Crippen LogP contribution in [0.2, 0.25) is 0 Å². The second-order valence-corrected chi connectivity index (χ2v) is 12.5. The fourth-order valence-electron chi connectivity index (χ4n) is 5.03. The molecule has 1 aliphatic rings. The Morgan fingerprint density at radius 1 is 0.700 bits per heavy atom. The summed E-state index contributed by atoms with van der Waals surface area (Å²) in [5, 5.41) is 4.46. The van der Waals surface area contributed by atoms with Crippen molar-refractivity contribution >= 4 is 23.2 Å². The van der Waals surface area contributed by atoms with Crippen molar-refractivity contribution in [2.75, 3.05) is 6.16 Å². The lowest BCUT2D eigenvalue weighted by molar-refractivity contribution is -0.00000619. The first kappa shape index (κ1) is 23.0. The van der Waals surface area contributed by atoms with Crippen LogP contribution in [0.1, 0.15) is 40.0 Å². The van der Waals surface area contributed by atoms with Crippen LogP contribution in [0.3, 0.4) is 0 Å². The van der Waals surface area contributed by atoms with E-state index in [9.17, 15) is 0 Å². The molecule has 0 atom stereocenters. The molecule has 0 saturated heterocycles. The maximum atomic E-state index is 2.46. The molecule has 0 N–H and O–H groups in total. The summed E-state index contributed by atoms with van der Waals surface area (Å²) in [5.41, 5.74) is 3.58. The van der Waals surface area contributed by atoms with Gasteiger partial charge in [0.15, 0.2) is 0 Å². The maximum absolute atomic E-state index is 2.46. The lowest BCUT2D eigenvalue weighted by Crippen LogP contribution is -3.00. The van der Waals surface area contributed by atoms with Gasteiger partial charge in [0.05, 0.1) is 6.16 Å². The number of hydrogen-bond acceptors (Lipinski definition) is 0. The average Bonchev–Trinajstić information content (AvgIpc) is 2.75. The first-order valence-electron chi connectivity index (χ1n) is 10.8. The van der Waals surface area contributed by atoms with Crippen molar-refractivity contribution in [3.63, 3.8) is 0 Å². The van der Waals surface area contributed by atoms with Crippen LogP contribution in [0.5, 0.6) is 0 Å². The van der Waals surface area contributed by atoms with Gasteiger partial charge in [0.2, 0.25) is 0 Å². The molecule has 3 aromatic carbocycles. The number of allylic oxidation sites excluding steroid dienone is 2. The Morgan fingerprint density at radius 2 is 1.10 bits per heavy atom. The Balaban J connectivity index is 0.00000256. The Hall–Kier alpha value is -1.69. The SMILES string of the molecule is CC1=C(C[P+](c2ccccc2)(c2ccccc2)c2ccccc2)C(C)(C)CCC1.[Br-]. The third-order valence-corrected chi connectivity index (χ3v) is 11.0. The first-order valence-corrected chi connectivity index (χ1v) is 12.8. The van der Waals surface area contributed by atoms with E-state index in [1.807, 2.05) is 0 Å². The molecule has 0 radical (unpaired) electrons. The monoisotopic (exact) mass is 478 g/mol. The number of rotatable bonds is 5. The predicted molar refractivity (Wildman–Crippen MR) is 130 cm³/mol. The summed E-state index contributed by atoms with van der Waals surface area (Å²) >= 11 is 0. The van der Waals surface area contributed by atoms with Gasteiger partial charge >= 0.3 is 0 Å². The van der Waals surface area contributed by atoms with Crippen molar-refractivity contribution in [2.45, 2.75) is 40.0 Å². The van der Waals surface area contributed by atoms with Gasteiger partial charge in [0.25, 0.3) is 0 Å². The molecular weight excluding hydrogens is 447 g/mol. The van der Waals surface area contributed by atoms with Gasteiger partial charge in [-0.1, -0.05) is 74.0 Å². The van der Waals surface area contributed by atoms with Crippen LogP contribution in [-0.2, 0) is 0 Å². The van der Waals surface area contributed by atoms with E-state index in [0.717, 1.165) is 6.16 Å². The molecule has 0 fully saturated rings. The molecule has 0 bridgehead atoms. The van der Waals surface area contributed by atoms with Crippen LogP contribution in [0.15, 0.2) is 102 Å². The molecule has 156 valence electrons. The highest BCUT2D eigenvalue weighted by molar-refractivity contribution is 7.95. The average molecular weight is 479 g/mol. The van der Waals surface area contributed by atoms with E-state index in [1.165, 1.54) is 35.2 Å². The third-order valence-electron chi connectivity index (χ3n) is 6.67. The zero-order valence-corrected chi connectivity index (χ0v) is 20.8. The molecule has 0 nitrogen and oxygen atoms in total. The van der Waals surface area contributed by atoms with Crippen molar-refractivity contribution in [3.05, 3.63) is 102 Å². The number of hydrogen-bond donors (Lipinski definition) is 0. The van der Waals surface area contributed by atoms with Gasteiger partial charge in [0.1, 0.15) is 23.2 Å². The van der Waals surface area contributed by atoms with Crippen molar-refractivity contribution < 1.29 is 17.0 Å². The Labute approximate surface area is 193 Å². The molecule has 30 heavy (non-hydrogen) atoms. The molecule has 1 aliphatic carbocycles. The largest absolute Gasteiger partial charge is 1.00 e. The summed E-state index contributed by atoms with van der Waals surface area (Å²) in [4.78, 5) is 0. The van der Waals surface area contributed by atoms with E-state index in [1.54, 1.807) is 11.1 Å². The normalized spacial score (nSPS) is 16.1. The van der Waals surface area contributed by atoms with Crippen LogP contribution in [-0.4, -0.2) is 6.16 Å². The molecule has 4 rings (SSSR count). The molecule has 0 heterocycles. The first-order chi connectivity index (χ1) is 14.0. The van der Waals surface area contributed by atoms with Gasteiger partial charge < -0.3 is 17.0 Å². The quantitative estimate of drug-likeness (QED) is 0.388. The molecule has 0 spiro atoms. The topological polar surface area (TPSA) is 0 Å². The van der Waals surface area contributed by atoms with E-state index in [2.05, 4.69) is 112 Å². The highest BCUT2D eigenvalue weighted by atomic mass is 79.9. The fraction of sp³-hybridized carbons (Fsp3) is 0.286. The van der Waals surface area contributed by atoms with Gasteiger partial charge in [-0.3, -0.25) is 0 Å². The van der Waals surface area contributed by atoms with Gasteiger partial charge in [-0.25, -0.2) is 0 Å². The standard InChI is InChI=1S/C28H32P.BrH/c1-23-14-13-21-28(2,3)27(23)22-29(24-15-7-4-8-16-24,25-17-9-5-10-18-25)26-19-11-6-12-20-26;/h4-12,15-20H,13-14,21-22H2,1-3H3;1H/q+1;/p-1. The lowest BCUT2D eigenvalue weighted by atomic mass is 9.73. The summed E-state index contributed by atoms with van der Waals surface area (Å²) in [5.74, 6) is 0. The highest BCUT2D eigenvalue weighted by Gasteiger charge is 2.48. The van der Waals surface area contributed by atoms with Gasteiger partial charge in [0, 0.05) is 0 Å². The molecule has 0 saturated carbocycles. The van der Waals surface area contributed by atoms with Crippen LogP contribution < -0.4 is 32.9 Å². The van der Waals surface area contributed by atoms with E-state index in [4.69, 9.17) is 0 Å². The Kier molecular flexibility index (Phi) is 7.38. The second-order valence-electron chi connectivity index (χ2n) is 8.97. The molecule has 2 heteroatoms. The lowest BCUT2D eigenvalue weighted by Gasteiger charge is -2.38. The summed E-state index contributed by atoms with van der Waals surface area (Å²) in [6, 6.07) is 33.9. The molecule has 0 aromatic heterocycles. The molecule has 0 unspecified atom stereocenters. The number of benzene rings is 3. The maximum Gasteiger partial charge on any atom is 0.116 e. The van der Waals surface area contributed by atoms with Crippen molar-refractivity contribution in [3.8, 4) is 0 Å². The zero-order chi connectivity index (χ0) is 20.3. The van der Waals surface area contributed by atoms with Crippen molar-refractivity contribution in [1.82, 2.24) is 0 Å². The number of halogens is 1. The van der Waals surface area contributed by atoms with E-state index < -0.39 is 7.26 Å². The minimum absolute atomic E-state index is 0. The summed E-state index contributed by atoms with van der Waals surface area (Å²) in [6.45, 7) is 7.30. The fourth-order valence-corrected chi connectivity index (χ4v) is 9.69. The second kappa shape index (κ2) is 9.63. The molecule has 0 amide bonds. The van der Waals surface area contributed by atoms with E-state index in [-0.39, 0.29) is 22.4 Å². The van der Waals surface area contributed by atoms with Crippen molar-refractivity contribution in [2.24, 2.45) is 5.41 Å². The van der Waals surface area contributed by atoms with E-state index >= 15 is 0 Å². The van der Waals surface area contributed by atoms with Gasteiger partial charge in [-0.2, -0.15) is 0 Å². The molecular formula is C28H32BrP. The third kappa shape index (κ3) is 4.34. The smallest absolute Gasteiger partial charge is 0.116 e. The minimum atomic E-state index is -1.80. The van der Waals surface area contributed by atoms with Gasteiger partial charge in [-0.15, -0.1) is 0 Å². The van der Waals surface area contributed by atoms with Crippen LogP contribution in [0.4, 0.5) is 0 Å². The minimum Gasteiger partial charge on any atom is -1.00 e. The van der Waals surface area contributed by atoms with Crippen molar-refractivity contribution in [1.29, 1.82) is 0 Å². The Bertz CT molecular complexity index is 878. The van der Waals surface area contributed by atoms with Gasteiger partial charge in [-0.05, 0) is 73.6 Å². The highest BCUT2D eigenvalue weighted by Crippen LogP contribution is 2.59. The van der Waals surface area contributed by atoms with E-state index in [0.29, 0.717) is 0 Å². The Morgan fingerprint density at radius 3 is 1.47 bits per heavy atom. The zero-order valence-electron chi connectivity index (χ0n) is 18.3. The van der Waals surface area contributed by atoms with Crippen LogP contribution in [0, 0.1) is 5.41 Å². The molecule has 3 aromatic rings. The summed E-state index contributed by atoms with van der Waals surface area (Å²) in [6.07, 6.45) is 4.99. The summed E-state index contributed by atoms with van der Waals surface area (Å²) < 4.78 is 0.